The minimum Gasteiger partial charge on any atom is -0.491 e. The van der Waals surface area contributed by atoms with Crippen molar-refractivity contribution in [3.05, 3.63) is 34.6 Å². The standard InChI is InChI=1S/C15H20ClN5O/c1-4-11(18-15-20-13(16)19-14(17)21-15)8-22-12-6-9(2)5-10(3)7-12/h5-7,11H,4,8H2,1-3H3,(H3,17,18,19,20,21). The average molecular weight is 322 g/mol. The van der Waals surface area contributed by atoms with Gasteiger partial charge in [-0.1, -0.05) is 13.0 Å². The lowest BCUT2D eigenvalue weighted by Gasteiger charge is -2.18. The molecule has 0 amide bonds. The summed E-state index contributed by atoms with van der Waals surface area (Å²) in [7, 11) is 0. The Morgan fingerprint density at radius 1 is 1.18 bits per heavy atom. The Morgan fingerprint density at radius 2 is 1.86 bits per heavy atom. The number of hydrogen-bond acceptors (Lipinski definition) is 6. The summed E-state index contributed by atoms with van der Waals surface area (Å²) in [5, 5.41) is 3.23. The van der Waals surface area contributed by atoms with Crippen LogP contribution in [0.5, 0.6) is 5.75 Å². The van der Waals surface area contributed by atoms with E-state index in [0.29, 0.717) is 12.6 Å². The van der Waals surface area contributed by atoms with Crippen LogP contribution in [0, 0.1) is 13.8 Å². The van der Waals surface area contributed by atoms with Crippen LogP contribution in [0.4, 0.5) is 11.9 Å². The van der Waals surface area contributed by atoms with Crippen LogP contribution in [0.15, 0.2) is 18.2 Å². The first-order chi connectivity index (χ1) is 10.5. The van der Waals surface area contributed by atoms with Gasteiger partial charge in [0.2, 0.25) is 17.2 Å². The molecule has 118 valence electrons. The summed E-state index contributed by atoms with van der Waals surface area (Å²) in [5.74, 6) is 1.30. The maximum Gasteiger partial charge on any atom is 0.229 e. The maximum absolute atomic E-state index is 5.86. The average Bonchev–Trinajstić information content (AvgIpc) is 2.41. The minimum absolute atomic E-state index is 0.0404. The van der Waals surface area contributed by atoms with Crippen LogP contribution >= 0.6 is 11.6 Å². The van der Waals surface area contributed by atoms with Crippen molar-refractivity contribution in [1.29, 1.82) is 0 Å². The summed E-state index contributed by atoms with van der Waals surface area (Å²) in [6.45, 7) is 6.63. The van der Waals surface area contributed by atoms with E-state index >= 15 is 0 Å². The molecular weight excluding hydrogens is 302 g/mol. The number of nitrogens with two attached hydrogens (primary N) is 1. The molecule has 1 aromatic carbocycles. The van der Waals surface area contributed by atoms with Gasteiger partial charge in [0.1, 0.15) is 12.4 Å². The van der Waals surface area contributed by atoms with Crippen molar-refractivity contribution >= 4 is 23.5 Å². The predicted octanol–water partition coefficient (Wildman–Crippen LogP) is 2.99. The first-order valence-corrected chi connectivity index (χ1v) is 7.48. The molecule has 0 aliphatic rings. The van der Waals surface area contributed by atoms with Crippen LogP contribution in [0.1, 0.15) is 24.5 Å². The second kappa shape index (κ2) is 7.26. The topological polar surface area (TPSA) is 86.0 Å². The number of benzene rings is 1. The molecule has 0 bridgehead atoms. The van der Waals surface area contributed by atoms with Gasteiger partial charge in [-0.2, -0.15) is 15.0 Å². The second-order valence-electron chi connectivity index (χ2n) is 5.17. The van der Waals surface area contributed by atoms with E-state index in [1.807, 2.05) is 26.0 Å². The maximum atomic E-state index is 5.86. The van der Waals surface area contributed by atoms with Gasteiger partial charge >= 0.3 is 0 Å². The van der Waals surface area contributed by atoms with Gasteiger partial charge in [-0.05, 0) is 55.1 Å². The molecule has 2 aromatic rings. The first-order valence-electron chi connectivity index (χ1n) is 7.11. The number of ether oxygens (including phenoxy) is 1. The van der Waals surface area contributed by atoms with Crippen molar-refractivity contribution in [2.45, 2.75) is 33.2 Å². The van der Waals surface area contributed by atoms with E-state index in [4.69, 9.17) is 22.1 Å². The van der Waals surface area contributed by atoms with Crippen molar-refractivity contribution in [1.82, 2.24) is 15.0 Å². The lowest BCUT2D eigenvalue weighted by molar-refractivity contribution is 0.293. The van der Waals surface area contributed by atoms with E-state index in [9.17, 15) is 0 Å². The molecule has 0 fully saturated rings. The quantitative estimate of drug-likeness (QED) is 0.850. The summed E-state index contributed by atoms with van der Waals surface area (Å²) < 4.78 is 5.86. The molecule has 2 rings (SSSR count). The first kappa shape index (κ1) is 16.3. The highest BCUT2D eigenvalue weighted by Crippen LogP contribution is 2.17. The Bertz CT molecular complexity index is 609. The fourth-order valence-corrected chi connectivity index (χ4v) is 2.25. The van der Waals surface area contributed by atoms with Gasteiger partial charge < -0.3 is 15.8 Å². The number of halogens is 1. The fourth-order valence-electron chi connectivity index (χ4n) is 2.09. The van der Waals surface area contributed by atoms with E-state index in [1.54, 1.807) is 0 Å². The molecule has 0 radical (unpaired) electrons. The van der Waals surface area contributed by atoms with Gasteiger partial charge in [0.25, 0.3) is 0 Å². The molecule has 6 nitrogen and oxygen atoms in total. The van der Waals surface area contributed by atoms with Crippen molar-refractivity contribution < 1.29 is 4.74 Å². The van der Waals surface area contributed by atoms with Crippen molar-refractivity contribution in [3.8, 4) is 5.75 Å². The lowest BCUT2D eigenvalue weighted by atomic mass is 10.1. The van der Waals surface area contributed by atoms with Gasteiger partial charge in [-0.25, -0.2) is 0 Å². The molecule has 0 saturated carbocycles. The molecule has 0 saturated heterocycles. The Morgan fingerprint density at radius 3 is 2.45 bits per heavy atom. The SMILES string of the molecule is CCC(COc1cc(C)cc(C)c1)Nc1nc(N)nc(Cl)n1. The molecule has 3 N–H and O–H groups in total. The molecular formula is C15H20ClN5O. The molecule has 22 heavy (non-hydrogen) atoms. The smallest absolute Gasteiger partial charge is 0.229 e. The van der Waals surface area contributed by atoms with Crippen LogP contribution in [0.2, 0.25) is 5.28 Å². The third kappa shape index (κ3) is 4.73. The fraction of sp³-hybridized carbons (Fsp3) is 0.400. The van der Waals surface area contributed by atoms with Gasteiger partial charge in [0.05, 0.1) is 6.04 Å². The van der Waals surface area contributed by atoms with Crippen LogP contribution in [-0.2, 0) is 0 Å². The molecule has 0 aliphatic carbocycles. The summed E-state index contributed by atoms with van der Waals surface area (Å²) in [6.07, 6.45) is 0.841. The highest BCUT2D eigenvalue weighted by molar-refractivity contribution is 6.28. The van der Waals surface area contributed by atoms with E-state index in [2.05, 4.69) is 33.3 Å². The molecule has 0 spiro atoms. The third-order valence-corrected chi connectivity index (χ3v) is 3.27. The molecule has 0 aliphatic heterocycles. The number of aryl methyl sites for hydroxylation is 2. The monoisotopic (exact) mass is 321 g/mol. The zero-order valence-electron chi connectivity index (χ0n) is 12.9. The number of nitrogen functional groups attached to an aromatic ring is 1. The van der Waals surface area contributed by atoms with Gasteiger partial charge in [-0.15, -0.1) is 0 Å². The van der Waals surface area contributed by atoms with Crippen molar-refractivity contribution in [3.63, 3.8) is 0 Å². The third-order valence-electron chi connectivity index (χ3n) is 3.10. The number of nitrogens with zero attached hydrogens (tertiary/aromatic N) is 3. The zero-order chi connectivity index (χ0) is 16.1. The zero-order valence-corrected chi connectivity index (χ0v) is 13.7. The summed E-state index contributed by atoms with van der Waals surface area (Å²) in [5.41, 5.74) is 7.91. The normalized spacial score (nSPS) is 12.0. The number of nitrogens with one attached hydrogen (secondary N) is 1. The van der Waals surface area contributed by atoms with Crippen molar-refractivity contribution in [2.75, 3.05) is 17.7 Å². The molecule has 1 atom stereocenters. The number of rotatable bonds is 6. The van der Waals surface area contributed by atoms with Crippen molar-refractivity contribution in [2.24, 2.45) is 0 Å². The van der Waals surface area contributed by atoms with E-state index in [-0.39, 0.29) is 17.3 Å². The summed E-state index contributed by atoms with van der Waals surface area (Å²) in [4.78, 5) is 11.7. The molecule has 7 heteroatoms. The Labute approximate surface area is 135 Å². The number of aromatic nitrogens is 3. The van der Waals surface area contributed by atoms with Crippen LogP contribution < -0.4 is 15.8 Å². The summed E-state index contributed by atoms with van der Waals surface area (Å²) in [6, 6.07) is 6.17. The number of anilines is 2. The molecule has 1 heterocycles. The van der Waals surface area contributed by atoms with Gasteiger partial charge in [0.15, 0.2) is 0 Å². The Kier molecular flexibility index (Phi) is 5.38. The summed E-state index contributed by atoms with van der Waals surface area (Å²) >= 11 is 5.77. The highest BCUT2D eigenvalue weighted by atomic mass is 35.5. The van der Waals surface area contributed by atoms with Crippen LogP contribution in [-0.4, -0.2) is 27.6 Å². The second-order valence-corrected chi connectivity index (χ2v) is 5.51. The predicted molar refractivity (Wildman–Crippen MR) is 88.4 cm³/mol. The molecule has 1 aromatic heterocycles. The minimum atomic E-state index is 0.0404. The Balaban J connectivity index is 2.00. The van der Waals surface area contributed by atoms with E-state index in [1.165, 1.54) is 11.1 Å². The van der Waals surface area contributed by atoms with E-state index in [0.717, 1.165) is 12.2 Å². The Hall–Kier alpha value is -2.08. The van der Waals surface area contributed by atoms with Crippen LogP contribution in [0.25, 0.3) is 0 Å². The van der Waals surface area contributed by atoms with Gasteiger partial charge in [-0.3, -0.25) is 0 Å². The van der Waals surface area contributed by atoms with Crippen LogP contribution in [0.3, 0.4) is 0 Å². The largest absolute Gasteiger partial charge is 0.491 e. The molecule has 1 unspecified atom stereocenters. The van der Waals surface area contributed by atoms with Gasteiger partial charge in [0, 0.05) is 0 Å². The number of hydrogen-bond donors (Lipinski definition) is 2. The van der Waals surface area contributed by atoms with E-state index < -0.39 is 0 Å². The lowest BCUT2D eigenvalue weighted by Crippen LogP contribution is -2.27. The highest BCUT2D eigenvalue weighted by Gasteiger charge is 2.11.